The van der Waals surface area contributed by atoms with E-state index in [9.17, 15) is 40.9 Å². The van der Waals surface area contributed by atoms with Gasteiger partial charge in [-0.25, -0.2) is 0 Å². The monoisotopic (exact) mass is 383 g/mol. The topological polar surface area (TPSA) is 233 Å². The summed E-state index contributed by atoms with van der Waals surface area (Å²) in [6.45, 7) is -1.47. The predicted octanol–water partition coefficient (Wildman–Crippen LogP) is -6.22. The zero-order chi connectivity index (χ0) is 19.8. The number of nitrogens with zero attached hydrogens (tertiary/aromatic N) is 1. The molecular formula is C13H25N3O10. The number of hydrogen-bond acceptors (Lipinski definition) is 11. The van der Waals surface area contributed by atoms with Crippen molar-refractivity contribution in [3.8, 4) is 0 Å². The molecule has 0 saturated carbocycles. The van der Waals surface area contributed by atoms with Crippen LogP contribution >= 0.6 is 0 Å². The lowest BCUT2D eigenvalue weighted by molar-refractivity contribution is -0.308. The molecule has 26 heavy (non-hydrogen) atoms. The van der Waals surface area contributed by atoms with E-state index in [1.54, 1.807) is 0 Å². The summed E-state index contributed by atoms with van der Waals surface area (Å²) in [4.78, 5) is 0.671. The molecule has 0 radical (unpaired) electrons. The zero-order valence-electron chi connectivity index (χ0n) is 13.6. The van der Waals surface area contributed by atoms with Crippen LogP contribution in [0.1, 0.15) is 0 Å². The summed E-state index contributed by atoms with van der Waals surface area (Å²) >= 11 is 0. The molecule has 0 amide bonds. The Morgan fingerprint density at radius 1 is 0.731 bits per heavy atom. The largest absolute Gasteiger partial charge is 0.394 e. The minimum atomic E-state index is -1.83. The van der Waals surface area contributed by atoms with Crippen LogP contribution in [-0.4, -0.2) is 126 Å². The van der Waals surface area contributed by atoms with E-state index in [-0.39, 0.29) is 0 Å². The zero-order valence-corrected chi connectivity index (χ0v) is 13.6. The predicted molar refractivity (Wildman–Crippen MR) is 81.3 cm³/mol. The Morgan fingerprint density at radius 3 is 1.35 bits per heavy atom. The highest BCUT2D eigenvalue weighted by atomic mass is 16.6. The van der Waals surface area contributed by atoms with Gasteiger partial charge in [0.05, 0.1) is 13.2 Å². The van der Waals surface area contributed by atoms with Crippen molar-refractivity contribution in [2.75, 3.05) is 13.2 Å². The van der Waals surface area contributed by atoms with Crippen molar-refractivity contribution in [2.45, 2.75) is 61.3 Å². The molecule has 2 heterocycles. The van der Waals surface area contributed by atoms with Crippen LogP contribution in [-0.2, 0) is 9.47 Å². The van der Waals surface area contributed by atoms with Gasteiger partial charge in [0.15, 0.2) is 18.4 Å². The second-order valence-corrected chi connectivity index (χ2v) is 6.23. The number of ether oxygens (including phenoxy) is 2. The summed E-state index contributed by atoms with van der Waals surface area (Å²) in [6.07, 6.45) is -16.5. The fourth-order valence-electron chi connectivity index (χ4n) is 3.04. The summed E-state index contributed by atoms with van der Waals surface area (Å²) in [6, 6.07) is 0. The van der Waals surface area contributed by atoms with Gasteiger partial charge in [0.25, 0.3) is 0 Å². The van der Waals surface area contributed by atoms with Gasteiger partial charge in [-0.05, 0) is 0 Å². The van der Waals surface area contributed by atoms with Gasteiger partial charge in [0.2, 0.25) is 0 Å². The van der Waals surface area contributed by atoms with Gasteiger partial charge in [-0.1, -0.05) is 0 Å². The first kappa shape index (κ1) is 21.2. The maximum absolute atomic E-state index is 10.2. The van der Waals surface area contributed by atoms with Crippen LogP contribution in [0, 0.1) is 5.41 Å². The fourth-order valence-corrected chi connectivity index (χ4v) is 3.04. The molecule has 2 rings (SSSR count). The van der Waals surface area contributed by atoms with Crippen molar-refractivity contribution in [3.63, 3.8) is 0 Å². The third kappa shape index (κ3) is 3.63. The molecule has 11 N–H and O–H groups in total. The molecule has 2 fully saturated rings. The molecular weight excluding hydrogens is 358 g/mol. The third-order valence-electron chi connectivity index (χ3n) is 4.56. The summed E-state index contributed by atoms with van der Waals surface area (Å²) in [5, 5.41) is 86.0. The molecule has 2 aliphatic heterocycles. The van der Waals surface area contributed by atoms with E-state index in [1.165, 1.54) is 0 Å². The molecule has 2 unspecified atom stereocenters. The number of guanidine groups is 1. The Bertz CT molecular complexity index is 459. The van der Waals surface area contributed by atoms with Crippen LogP contribution in [0.5, 0.6) is 0 Å². The van der Waals surface area contributed by atoms with E-state index in [0.717, 1.165) is 0 Å². The van der Waals surface area contributed by atoms with Crippen molar-refractivity contribution in [1.29, 1.82) is 5.41 Å². The molecule has 10 atom stereocenters. The van der Waals surface area contributed by atoms with E-state index < -0.39 is 80.5 Å². The van der Waals surface area contributed by atoms with E-state index >= 15 is 0 Å². The van der Waals surface area contributed by atoms with Crippen LogP contribution < -0.4 is 5.73 Å². The molecule has 2 aliphatic rings. The second kappa shape index (κ2) is 8.26. The number of nitrogens with one attached hydrogen (secondary N) is 1. The number of rotatable bonds is 4. The van der Waals surface area contributed by atoms with Gasteiger partial charge in [-0.2, -0.15) is 0 Å². The van der Waals surface area contributed by atoms with Gasteiger partial charge < -0.3 is 56.1 Å². The van der Waals surface area contributed by atoms with Crippen molar-refractivity contribution < 1.29 is 50.3 Å². The number of hydrogen-bond donors (Lipinski definition) is 10. The lowest BCUT2D eigenvalue weighted by atomic mass is 9.95. The minimum Gasteiger partial charge on any atom is -0.394 e. The summed E-state index contributed by atoms with van der Waals surface area (Å²) in [5.74, 6) is -0.807. The normalized spacial score (nSPS) is 46.8. The van der Waals surface area contributed by atoms with Crippen LogP contribution in [0.3, 0.4) is 0 Å². The molecule has 0 aliphatic carbocycles. The molecule has 2 saturated heterocycles. The molecule has 0 aromatic heterocycles. The molecule has 0 bridgehead atoms. The highest BCUT2D eigenvalue weighted by Crippen LogP contribution is 2.30. The Hall–Kier alpha value is -1.13. The lowest BCUT2D eigenvalue weighted by Gasteiger charge is -2.50. The van der Waals surface area contributed by atoms with Crippen LogP contribution in [0.4, 0.5) is 0 Å². The smallest absolute Gasteiger partial charge is 0.192 e. The Balaban J connectivity index is 2.34. The third-order valence-corrected chi connectivity index (χ3v) is 4.56. The highest BCUT2D eigenvalue weighted by molar-refractivity contribution is 5.75. The number of nitrogens with two attached hydrogens (primary N) is 1. The molecule has 0 aromatic rings. The van der Waals surface area contributed by atoms with Crippen LogP contribution in [0.15, 0.2) is 0 Å². The maximum atomic E-state index is 10.2. The second-order valence-electron chi connectivity index (χ2n) is 6.23. The average molecular weight is 383 g/mol. The van der Waals surface area contributed by atoms with Crippen molar-refractivity contribution in [1.82, 2.24) is 4.90 Å². The van der Waals surface area contributed by atoms with Crippen molar-refractivity contribution >= 4 is 5.96 Å². The van der Waals surface area contributed by atoms with Gasteiger partial charge in [-0.15, -0.1) is 0 Å². The van der Waals surface area contributed by atoms with E-state index in [1.807, 2.05) is 0 Å². The summed E-state index contributed by atoms with van der Waals surface area (Å²) < 4.78 is 10.6. The maximum Gasteiger partial charge on any atom is 0.192 e. The van der Waals surface area contributed by atoms with Crippen molar-refractivity contribution in [3.05, 3.63) is 0 Å². The van der Waals surface area contributed by atoms with E-state index in [0.29, 0.717) is 4.90 Å². The Morgan fingerprint density at radius 2 is 1.08 bits per heavy atom. The first-order valence-electron chi connectivity index (χ1n) is 7.89. The van der Waals surface area contributed by atoms with Crippen LogP contribution in [0.25, 0.3) is 0 Å². The molecule has 152 valence electrons. The SMILES string of the molecule is N=C(N)N(C1O[C@H](CO)[C@@H](O)[C@H](O)[C@H]1O)C1O[C@H](CO)[C@@H](O)[C@H](O)[C@H]1O. The van der Waals surface area contributed by atoms with Gasteiger partial charge >= 0.3 is 0 Å². The molecule has 13 nitrogen and oxygen atoms in total. The molecule has 13 heteroatoms. The van der Waals surface area contributed by atoms with Gasteiger partial charge in [0.1, 0.15) is 48.8 Å². The molecule has 0 spiro atoms. The average Bonchev–Trinajstić information content (AvgIpc) is 2.61. The number of aliphatic hydroxyl groups excluding tert-OH is 8. The lowest BCUT2D eigenvalue weighted by Crippen LogP contribution is -2.71. The minimum absolute atomic E-state index is 0.671. The highest BCUT2D eigenvalue weighted by Gasteiger charge is 2.52. The van der Waals surface area contributed by atoms with E-state index in [4.69, 9.17) is 20.6 Å². The Labute approximate surface area is 147 Å². The van der Waals surface area contributed by atoms with Gasteiger partial charge in [0, 0.05) is 0 Å². The first-order valence-corrected chi connectivity index (χ1v) is 7.89. The Kier molecular flexibility index (Phi) is 6.73. The molecule has 0 aromatic carbocycles. The van der Waals surface area contributed by atoms with E-state index in [2.05, 4.69) is 0 Å². The quantitative estimate of drug-likeness (QED) is 0.161. The standard InChI is InChI=1S/C13H25N3O10/c14-13(15)16(11-9(23)7(21)5(19)3(1-17)25-11)12-10(24)8(22)6(20)4(2-18)26-12/h3-12,17-24H,1-2H2,(H3,14,15)/t3-,4-,5-,6-,7+,8+,9-,10-,11?,12?/m1/s1. The summed E-state index contributed by atoms with van der Waals surface area (Å²) in [5.41, 5.74) is 5.47. The number of aliphatic hydroxyl groups is 8. The summed E-state index contributed by atoms with van der Waals surface area (Å²) in [7, 11) is 0. The fraction of sp³-hybridized carbons (Fsp3) is 0.923. The van der Waals surface area contributed by atoms with Gasteiger partial charge in [-0.3, -0.25) is 10.3 Å². The first-order chi connectivity index (χ1) is 12.1. The van der Waals surface area contributed by atoms with Crippen LogP contribution in [0.2, 0.25) is 0 Å². The van der Waals surface area contributed by atoms with Crippen molar-refractivity contribution in [2.24, 2.45) is 5.73 Å².